The summed E-state index contributed by atoms with van der Waals surface area (Å²) in [5, 5.41) is 10.4. The number of allylic oxidation sites excluding steroid dienone is 2. The molecule has 1 radical (unpaired) electrons. The molecule has 1 aromatic carbocycles. The molecular weight excluding hydrogens is 537 g/mol. The van der Waals surface area contributed by atoms with Gasteiger partial charge in [-0.3, -0.25) is 4.79 Å². The van der Waals surface area contributed by atoms with Gasteiger partial charge in [0.2, 0.25) is 0 Å². The van der Waals surface area contributed by atoms with Crippen LogP contribution in [0, 0.1) is 18.0 Å². The first-order valence-corrected chi connectivity index (χ1v) is 9.29. The van der Waals surface area contributed by atoms with Crippen molar-refractivity contribution in [3.8, 4) is 11.3 Å². The van der Waals surface area contributed by atoms with E-state index in [0.29, 0.717) is 0 Å². The topological polar surface area (TPSA) is 63.1 Å². The van der Waals surface area contributed by atoms with Gasteiger partial charge in [0.15, 0.2) is 5.78 Å². The van der Waals surface area contributed by atoms with Gasteiger partial charge < -0.3 is 10.1 Å². The van der Waals surface area contributed by atoms with Crippen LogP contribution in [0.1, 0.15) is 27.7 Å². The number of aliphatic hydroxyl groups is 1. The third-order valence-corrected chi connectivity index (χ3v) is 4.52. The number of pyridine rings is 1. The summed E-state index contributed by atoms with van der Waals surface area (Å²) in [6.07, 6.45) is 5.99. The summed E-state index contributed by atoms with van der Waals surface area (Å²) in [4.78, 5) is 15.0. The Bertz CT molecular complexity index is 889. The monoisotopic (exact) mass is 560 g/mol. The summed E-state index contributed by atoms with van der Waals surface area (Å²) >= 11 is 1.51. The van der Waals surface area contributed by atoms with E-state index in [1.807, 2.05) is 52.0 Å². The van der Waals surface area contributed by atoms with Crippen molar-refractivity contribution < 1.29 is 30.0 Å². The van der Waals surface area contributed by atoms with Gasteiger partial charge in [-0.15, -0.1) is 17.7 Å². The van der Waals surface area contributed by atoms with Crippen LogP contribution >= 0.6 is 11.5 Å². The van der Waals surface area contributed by atoms with Gasteiger partial charge in [0.05, 0.1) is 5.76 Å². The molecule has 0 fully saturated rings. The van der Waals surface area contributed by atoms with Gasteiger partial charge in [-0.05, 0) is 29.2 Å². The molecule has 0 aliphatic heterocycles. The van der Waals surface area contributed by atoms with Crippen LogP contribution in [0.15, 0.2) is 54.4 Å². The molecule has 0 saturated heterocycles. The number of carbonyl (C=O) groups excluding carboxylic acids is 1. The first-order chi connectivity index (χ1) is 12.4. The number of fused-ring (bicyclic) bond motifs is 1. The maximum absolute atomic E-state index is 11.0. The summed E-state index contributed by atoms with van der Waals surface area (Å²) in [6.45, 7) is 7.32. The van der Waals surface area contributed by atoms with E-state index in [9.17, 15) is 9.90 Å². The van der Waals surface area contributed by atoms with Crippen LogP contribution in [-0.2, 0) is 24.9 Å². The zero-order chi connectivity index (χ0) is 19.1. The molecule has 0 bridgehead atoms. The van der Waals surface area contributed by atoms with Crippen molar-refractivity contribution in [3.05, 3.63) is 60.6 Å². The molecule has 0 spiro atoms. The maximum Gasteiger partial charge on any atom is 0.161 e. The van der Waals surface area contributed by atoms with E-state index < -0.39 is 0 Å². The molecule has 3 rings (SSSR count). The molecule has 0 saturated carbocycles. The molecule has 27 heavy (non-hydrogen) atoms. The first-order valence-electron chi connectivity index (χ1n) is 8.52. The number of carbonyl (C=O) groups is 1. The number of aromatic nitrogens is 2. The number of nitrogens with zero attached hydrogens (tertiary/aromatic N) is 2. The van der Waals surface area contributed by atoms with E-state index >= 15 is 0 Å². The van der Waals surface area contributed by atoms with E-state index in [4.69, 9.17) is 0 Å². The van der Waals surface area contributed by atoms with E-state index in [1.54, 1.807) is 6.20 Å². The molecule has 6 heteroatoms. The normalized spacial score (nSPS) is 11.1. The van der Waals surface area contributed by atoms with Crippen LogP contribution in [0.2, 0.25) is 0 Å². The van der Waals surface area contributed by atoms with Crippen LogP contribution in [0.5, 0.6) is 0 Å². The third-order valence-electron chi connectivity index (χ3n) is 3.69. The van der Waals surface area contributed by atoms with Crippen molar-refractivity contribution in [1.82, 2.24) is 9.36 Å². The summed E-state index contributed by atoms with van der Waals surface area (Å²) in [5.74, 6) is 0.161. The van der Waals surface area contributed by atoms with Crippen LogP contribution in [0.25, 0.3) is 21.3 Å². The molecular formula is C21H23IrN2O2S-. The Labute approximate surface area is 177 Å². The summed E-state index contributed by atoms with van der Waals surface area (Å²) in [5.41, 5.74) is 1.93. The molecule has 0 aliphatic carbocycles. The summed E-state index contributed by atoms with van der Waals surface area (Å²) in [6, 6.07) is 12.1. The zero-order valence-electron chi connectivity index (χ0n) is 15.8. The Balaban J connectivity index is 0.000000276. The minimum Gasteiger partial charge on any atom is -0.512 e. The standard InChI is InChI=1S/C12H7N2S.C9H16O2.Ir/c1-2-6-11-10(5-1)12(14-15-11)9-4-3-7-13-8-9;1-6(2)8(10)5-9(11)7(3)4;/h1-7H;5-7,10H,1-4H3;/q-1;;/b;8-5-;. The van der Waals surface area contributed by atoms with Crippen molar-refractivity contribution in [2.24, 2.45) is 11.8 Å². The van der Waals surface area contributed by atoms with Gasteiger partial charge in [-0.25, -0.2) is 4.37 Å². The van der Waals surface area contributed by atoms with Gasteiger partial charge in [0.25, 0.3) is 0 Å². The van der Waals surface area contributed by atoms with E-state index in [2.05, 4.69) is 27.7 Å². The number of aliphatic hydroxyl groups excluding tert-OH is 1. The number of ketones is 1. The Hall–Kier alpha value is -1.88. The van der Waals surface area contributed by atoms with Crippen molar-refractivity contribution in [1.29, 1.82) is 0 Å². The van der Waals surface area contributed by atoms with Crippen molar-refractivity contribution in [3.63, 3.8) is 0 Å². The Morgan fingerprint density at radius 2 is 1.81 bits per heavy atom. The molecule has 4 nitrogen and oxygen atoms in total. The van der Waals surface area contributed by atoms with Gasteiger partial charge in [0.1, 0.15) is 0 Å². The average Bonchev–Trinajstić information content (AvgIpc) is 3.07. The zero-order valence-corrected chi connectivity index (χ0v) is 19.0. The predicted molar refractivity (Wildman–Crippen MR) is 107 cm³/mol. The van der Waals surface area contributed by atoms with Crippen LogP contribution in [-0.4, -0.2) is 20.2 Å². The van der Waals surface area contributed by atoms with Crippen LogP contribution < -0.4 is 0 Å². The van der Waals surface area contributed by atoms with Crippen molar-refractivity contribution in [2.45, 2.75) is 27.7 Å². The molecule has 0 amide bonds. The third kappa shape index (κ3) is 6.65. The Morgan fingerprint density at radius 1 is 1.11 bits per heavy atom. The summed E-state index contributed by atoms with van der Waals surface area (Å²) in [7, 11) is 0. The van der Waals surface area contributed by atoms with Crippen molar-refractivity contribution in [2.75, 3.05) is 0 Å². The molecule has 2 aromatic heterocycles. The van der Waals surface area contributed by atoms with E-state index in [1.165, 1.54) is 27.7 Å². The first kappa shape index (κ1) is 23.2. The second-order valence-electron chi connectivity index (χ2n) is 6.47. The molecule has 0 atom stereocenters. The molecule has 0 aliphatic rings. The van der Waals surface area contributed by atoms with Crippen LogP contribution in [0.4, 0.5) is 0 Å². The van der Waals surface area contributed by atoms with Crippen molar-refractivity contribution >= 4 is 27.4 Å². The van der Waals surface area contributed by atoms with Crippen LogP contribution in [0.3, 0.4) is 0 Å². The quantitative estimate of drug-likeness (QED) is 0.262. The fourth-order valence-electron chi connectivity index (χ4n) is 2.02. The summed E-state index contributed by atoms with van der Waals surface area (Å²) < 4.78 is 5.63. The van der Waals surface area contributed by atoms with Gasteiger partial charge in [-0.1, -0.05) is 52.1 Å². The average molecular weight is 560 g/mol. The number of hydrogen-bond donors (Lipinski definition) is 1. The Morgan fingerprint density at radius 3 is 2.41 bits per heavy atom. The maximum atomic E-state index is 11.0. The number of rotatable bonds is 4. The minimum atomic E-state index is -0.0316. The van der Waals surface area contributed by atoms with Gasteiger partial charge in [-0.2, -0.15) is 0 Å². The SMILES string of the molecule is CC(C)C(=O)/C=C(\O)C(C)C.[Ir].[c-]1ncccc1-c1nsc2ccccc12. The molecule has 0 unspecified atom stereocenters. The van der Waals surface area contributed by atoms with Gasteiger partial charge in [0, 0.05) is 48.4 Å². The predicted octanol–water partition coefficient (Wildman–Crippen LogP) is 5.47. The smallest absolute Gasteiger partial charge is 0.161 e. The molecule has 1 N–H and O–H groups in total. The number of benzene rings is 1. The fourth-order valence-corrected chi connectivity index (χ4v) is 2.81. The fraction of sp³-hybridized carbons (Fsp3) is 0.286. The van der Waals surface area contributed by atoms with Gasteiger partial charge >= 0.3 is 0 Å². The van der Waals surface area contributed by atoms with E-state index in [-0.39, 0.29) is 43.5 Å². The molecule has 145 valence electrons. The minimum absolute atomic E-state index is 0. The molecule has 3 aromatic rings. The second-order valence-corrected chi connectivity index (χ2v) is 7.28. The number of hydrogen-bond acceptors (Lipinski definition) is 5. The second kappa shape index (κ2) is 11.1. The van der Waals surface area contributed by atoms with E-state index in [0.717, 1.165) is 11.3 Å². The Kier molecular flexibility index (Phi) is 9.50. The largest absolute Gasteiger partial charge is 0.512 e. The molecule has 2 heterocycles.